The van der Waals surface area contributed by atoms with E-state index in [0.29, 0.717) is 25.8 Å². The van der Waals surface area contributed by atoms with E-state index < -0.39 is 24.1 Å². The number of nitrogens with one attached hydrogen (secondary N) is 2. The topological polar surface area (TPSA) is 105 Å². The number of likely N-dealkylation sites (tertiary alicyclic amines) is 1. The first-order chi connectivity index (χ1) is 15.6. The molecule has 1 aromatic carbocycles. The van der Waals surface area contributed by atoms with Crippen molar-refractivity contribution in [2.24, 2.45) is 11.8 Å². The van der Waals surface area contributed by atoms with Crippen LogP contribution in [-0.2, 0) is 30.5 Å². The van der Waals surface area contributed by atoms with Gasteiger partial charge in [0.05, 0.1) is 0 Å². The van der Waals surface area contributed by atoms with Gasteiger partial charge in [0.15, 0.2) is 0 Å². The summed E-state index contributed by atoms with van der Waals surface area (Å²) >= 11 is 0. The van der Waals surface area contributed by atoms with Crippen LogP contribution in [0.1, 0.15) is 59.4 Å². The molecule has 8 nitrogen and oxygen atoms in total. The predicted octanol–water partition coefficient (Wildman–Crippen LogP) is 2.41. The second-order valence-electron chi connectivity index (χ2n) is 9.40. The highest BCUT2D eigenvalue weighted by Crippen LogP contribution is 2.21. The van der Waals surface area contributed by atoms with Crippen LogP contribution in [0.25, 0.3) is 0 Å². The first kappa shape index (κ1) is 26.4. The molecule has 0 aliphatic carbocycles. The first-order valence-corrected chi connectivity index (χ1v) is 11.7. The van der Waals surface area contributed by atoms with Crippen LogP contribution in [0.3, 0.4) is 0 Å². The Morgan fingerprint density at radius 1 is 1.06 bits per heavy atom. The normalized spacial score (nSPS) is 17.5. The maximum Gasteiger partial charge on any atom is 0.329 e. The van der Waals surface area contributed by atoms with E-state index in [0.717, 1.165) is 5.56 Å². The minimum Gasteiger partial charge on any atom is -0.459 e. The van der Waals surface area contributed by atoms with Gasteiger partial charge in [0.25, 0.3) is 0 Å². The van der Waals surface area contributed by atoms with Crippen LogP contribution in [-0.4, -0.2) is 53.3 Å². The van der Waals surface area contributed by atoms with Gasteiger partial charge in [-0.2, -0.15) is 0 Å². The smallest absolute Gasteiger partial charge is 0.329 e. The molecule has 8 heteroatoms. The van der Waals surface area contributed by atoms with Gasteiger partial charge in [0.1, 0.15) is 24.7 Å². The molecule has 0 bridgehead atoms. The van der Waals surface area contributed by atoms with Gasteiger partial charge < -0.3 is 20.3 Å². The SMILES string of the molecule is CC(=O)N[C@@H](CC(C)C)C(=O)N1CCC[C@H]1C(=O)N[C@H](C(=O)OCc1ccccc1)C(C)C. The molecule has 1 heterocycles. The molecule has 1 fully saturated rings. The molecule has 33 heavy (non-hydrogen) atoms. The lowest BCUT2D eigenvalue weighted by Gasteiger charge is -2.30. The van der Waals surface area contributed by atoms with Crippen molar-refractivity contribution in [2.45, 2.75) is 78.6 Å². The Bertz CT molecular complexity index is 825. The van der Waals surface area contributed by atoms with Crippen LogP contribution >= 0.6 is 0 Å². The van der Waals surface area contributed by atoms with Crippen molar-refractivity contribution in [3.63, 3.8) is 0 Å². The van der Waals surface area contributed by atoms with Crippen LogP contribution in [0.15, 0.2) is 30.3 Å². The van der Waals surface area contributed by atoms with Crippen molar-refractivity contribution < 1.29 is 23.9 Å². The van der Waals surface area contributed by atoms with E-state index in [1.165, 1.54) is 11.8 Å². The Hall–Kier alpha value is -2.90. The molecule has 0 saturated carbocycles. The highest BCUT2D eigenvalue weighted by molar-refractivity contribution is 5.93. The molecule has 1 saturated heterocycles. The van der Waals surface area contributed by atoms with Gasteiger partial charge in [-0.05, 0) is 36.7 Å². The van der Waals surface area contributed by atoms with E-state index in [1.54, 1.807) is 0 Å². The summed E-state index contributed by atoms with van der Waals surface area (Å²) in [5, 5.41) is 5.53. The molecule has 1 aliphatic rings. The lowest BCUT2D eigenvalue weighted by Crippen LogP contribution is -2.56. The third-order valence-electron chi connectivity index (χ3n) is 5.66. The summed E-state index contributed by atoms with van der Waals surface area (Å²) in [5.41, 5.74) is 0.862. The Labute approximate surface area is 196 Å². The van der Waals surface area contributed by atoms with Crippen molar-refractivity contribution in [1.82, 2.24) is 15.5 Å². The number of carbonyl (C=O) groups excluding carboxylic acids is 4. The number of hydrogen-bond acceptors (Lipinski definition) is 5. The fourth-order valence-electron chi connectivity index (χ4n) is 4.01. The van der Waals surface area contributed by atoms with Crippen LogP contribution in [0, 0.1) is 11.8 Å². The maximum atomic E-state index is 13.2. The molecule has 182 valence electrons. The zero-order valence-corrected chi connectivity index (χ0v) is 20.3. The molecular formula is C25H37N3O5. The zero-order valence-electron chi connectivity index (χ0n) is 20.3. The number of carbonyl (C=O) groups is 4. The number of hydrogen-bond donors (Lipinski definition) is 2. The van der Waals surface area contributed by atoms with Crippen molar-refractivity contribution >= 4 is 23.7 Å². The average molecular weight is 460 g/mol. The first-order valence-electron chi connectivity index (χ1n) is 11.7. The standard InChI is InChI=1S/C25H37N3O5/c1-16(2)14-20(26-18(5)29)24(31)28-13-9-12-21(28)23(30)27-22(17(3)4)25(32)33-15-19-10-7-6-8-11-19/h6-8,10-11,16-17,20-22H,9,12-15H2,1-5H3,(H,26,29)(H,27,30)/t20-,21-,22-/m0/s1. The third kappa shape index (κ3) is 7.87. The zero-order chi connectivity index (χ0) is 24.5. The molecule has 1 aliphatic heterocycles. The maximum absolute atomic E-state index is 13.2. The van der Waals surface area contributed by atoms with Gasteiger partial charge in [-0.25, -0.2) is 4.79 Å². The van der Waals surface area contributed by atoms with Crippen LogP contribution in [0.5, 0.6) is 0 Å². The van der Waals surface area contributed by atoms with E-state index in [9.17, 15) is 19.2 Å². The van der Waals surface area contributed by atoms with E-state index in [-0.39, 0.29) is 36.2 Å². The number of benzene rings is 1. The van der Waals surface area contributed by atoms with Crippen molar-refractivity contribution in [2.75, 3.05) is 6.54 Å². The Morgan fingerprint density at radius 3 is 2.30 bits per heavy atom. The fourth-order valence-corrected chi connectivity index (χ4v) is 4.01. The van der Waals surface area contributed by atoms with E-state index in [2.05, 4.69) is 10.6 Å². The van der Waals surface area contributed by atoms with E-state index >= 15 is 0 Å². The lowest BCUT2D eigenvalue weighted by molar-refractivity contribution is -0.151. The summed E-state index contributed by atoms with van der Waals surface area (Å²) in [7, 11) is 0. The number of rotatable bonds is 10. The quantitative estimate of drug-likeness (QED) is 0.523. The van der Waals surface area contributed by atoms with Gasteiger partial charge in [-0.1, -0.05) is 58.0 Å². The van der Waals surface area contributed by atoms with Crippen molar-refractivity contribution in [1.29, 1.82) is 0 Å². The molecule has 2 rings (SSSR count). The van der Waals surface area contributed by atoms with Crippen LogP contribution in [0.2, 0.25) is 0 Å². The molecule has 0 aromatic heterocycles. The molecular weight excluding hydrogens is 422 g/mol. The fraction of sp³-hybridized carbons (Fsp3) is 0.600. The van der Waals surface area contributed by atoms with Gasteiger partial charge in [-0.15, -0.1) is 0 Å². The van der Waals surface area contributed by atoms with Gasteiger partial charge >= 0.3 is 5.97 Å². The number of amides is 3. The second kappa shape index (κ2) is 12.4. The highest BCUT2D eigenvalue weighted by atomic mass is 16.5. The van der Waals surface area contributed by atoms with Crippen LogP contribution in [0.4, 0.5) is 0 Å². The largest absolute Gasteiger partial charge is 0.459 e. The van der Waals surface area contributed by atoms with Gasteiger partial charge in [-0.3, -0.25) is 14.4 Å². The minimum atomic E-state index is -0.819. The predicted molar refractivity (Wildman–Crippen MR) is 125 cm³/mol. The summed E-state index contributed by atoms with van der Waals surface area (Å²) in [5.74, 6) is -1.41. The monoisotopic (exact) mass is 459 g/mol. The van der Waals surface area contributed by atoms with E-state index in [1.807, 2.05) is 58.0 Å². The number of ether oxygens (including phenoxy) is 1. The Balaban J connectivity index is 2.05. The van der Waals surface area contributed by atoms with Crippen LogP contribution < -0.4 is 10.6 Å². The Morgan fingerprint density at radius 2 is 1.73 bits per heavy atom. The highest BCUT2D eigenvalue weighted by Gasteiger charge is 2.39. The van der Waals surface area contributed by atoms with Crippen molar-refractivity contribution in [3.05, 3.63) is 35.9 Å². The molecule has 3 amide bonds. The molecule has 0 spiro atoms. The van der Waals surface area contributed by atoms with Gasteiger partial charge in [0.2, 0.25) is 17.7 Å². The minimum absolute atomic E-state index is 0.125. The molecule has 2 N–H and O–H groups in total. The summed E-state index contributed by atoms with van der Waals surface area (Å²) in [6, 6.07) is 7.17. The van der Waals surface area contributed by atoms with Crippen molar-refractivity contribution in [3.8, 4) is 0 Å². The summed E-state index contributed by atoms with van der Waals surface area (Å²) in [6.07, 6.45) is 1.68. The number of esters is 1. The third-order valence-corrected chi connectivity index (χ3v) is 5.66. The molecule has 0 unspecified atom stereocenters. The average Bonchev–Trinajstić information content (AvgIpc) is 3.24. The molecule has 1 aromatic rings. The van der Waals surface area contributed by atoms with E-state index in [4.69, 9.17) is 4.74 Å². The second-order valence-corrected chi connectivity index (χ2v) is 9.40. The summed E-state index contributed by atoms with van der Waals surface area (Å²) in [6.45, 7) is 9.57. The summed E-state index contributed by atoms with van der Waals surface area (Å²) < 4.78 is 5.43. The van der Waals surface area contributed by atoms with Gasteiger partial charge in [0, 0.05) is 13.5 Å². The number of nitrogens with zero attached hydrogens (tertiary/aromatic N) is 1. The lowest BCUT2D eigenvalue weighted by atomic mass is 10.0. The Kier molecular flexibility index (Phi) is 9.88. The molecule has 0 radical (unpaired) electrons. The molecule has 3 atom stereocenters. The summed E-state index contributed by atoms with van der Waals surface area (Å²) in [4.78, 5) is 52.2.